The van der Waals surface area contributed by atoms with Gasteiger partial charge in [0.25, 0.3) is 0 Å². The van der Waals surface area contributed by atoms with Gasteiger partial charge in [-0.3, -0.25) is 0 Å². The second-order valence-corrected chi connectivity index (χ2v) is 6.36. The topological polar surface area (TPSA) is 21.3 Å². The van der Waals surface area contributed by atoms with Gasteiger partial charge in [-0.2, -0.15) is 0 Å². The highest BCUT2D eigenvalue weighted by molar-refractivity contribution is 6.32. The number of hydrogen-bond donors (Lipinski definition) is 1. The summed E-state index contributed by atoms with van der Waals surface area (Å²) in [4.78, 5) is 0. The van der Waals surface area contributed by atoms with Crippen molar-refractivity contribution < 1.29 is 4.74 Å². The van der Waals surface area contributed by atoms with Gasteiger partial charge in [0.1, 0.15) is 11.9 Å². The molecule has 2 nitrogen and oxygen atoms in total. The maximum absolute atomic E-state index is 6.37. The van der Waals surface area contributed by atoms with Crippen LogP contribution in [0.2, 0.25) is 5.02 Å². The lowest BCUT2D eigenvalue weighted by Gasteiger charge is -2.26. The first-order valence-corrected chi connectivity index (χ1v) is 7.58. The van der Waals surface area contributed by atoms with Gasteiger partial charge in [0.15, 0.2) is 0 Å². The molecule has 1 saturated heterocycles. The summed E-state index contributed by atoms with van der Waals surface area (Å²) in [7, 11) is 0. The van der Waals surface area contributed by atoms with Gasteiger partial charge in [-0.25, -0.2) is 0 Å². The number of ether oxygens (including phenoxy) is 1. The number of benzene rings is 1. The van der Waals surface area contributed by atoms with E-state index in [4.69, 9.17) is 16.3 Å². The molecule has 0 bridgehead atoms. The summed E-state index contributed by atoms with van der Waals surface area (Å²) in [6.45, 7) is 8.75. The Bertz CT molecular complexity index is 425. The zero-order chi connectivity index (χ0) is 13.9. The maximum Gasteiger partial charge on any atom is 0.138 e. The largest absolute Gasteiger partial charge is 0.489 e. The zero-order valence-corrected chi connectivity index (χ0v) is 12.9. The fourth-order valence-corrected chi connectivity index (χ4v) is 2.54. The van der Waals surface area contributed by atoms with Gasteiger partial charge < -0.3 is 10.1 Å². The highest BCUT2D eigenvalue weighted by atomic mass is 35.5. The fourth-order valence-electron chi connectivity index (χ4n) is 2.31. The molecule has 2 rings (SSSR count). The molecule has 0 aliphatic carbocycles. The molecule has 1 aliphatic heterocycles. The molecule has 19 heavy (non-hydrogen) atoms. The molecule has 1 aromatic carbocycles. The van der Waals surface area contributed by atoms with Crippen molar-refractivity contribution in [2.75, 3.05) is 13.1 Å². The highest BCUT2D eigenvalue weighted by Crippen LogP contribution is 2.34. The summed E-state index contributed by atoms with van der Waals surface area (Å²) < 4.78 is 6.02. The third kappa shape index (κ3) is 3.64. The zero-order valence-electron chi connectivity index (χ0n) is 12.1. The Morgan fingerprint density at radius 3 is 2.58 bits per heavy atom. The van der Waals surface area contributed by atoms with Crippen molar-refractivity contribution in [3.63, 3.8) is 0 Å². The Labute approximate surface area is 121 Å². The van der Waals surface area contributed by atoms with E-state index < -0.39 is 0 Å². The number of halogens is 1. The average molecular weight is 282 g/mol. The smallest absolute Gasteiger partial charge is 0.138 e. The van der Waals surface area contributed by atoms with Crippen LogP contribution in [0.3, 0.4) is 0 Å². The van der Waals surface area contributed by atoms with Crippen LogP contribution in [-0.2, 0) is 5.41 Å². The predicted octanol–water partition coefficient (Wildman–Crippen LogP) is 4.16. The van der Waals surface area contributed by atoms with Gasteiger partial charge in [0, 0.05) is 0 Å². The first-order chi connectivity index (χ1) is 9.03. The first-order valence-electron chi connectivity index (χ1n) is 7.20. The quantitative estimate of drug-likeness (QED) is 0.895. The van der Waals surface area contributed by atoms with E-state index in [-0.39, 0.29) is 5.41 Å². The fraction of sp³-hybridized carbons (Fsp3) is 0.625. The molecule has 0 radical (unpaired) electrons. The molecular formula is C16H24ClNO. The van der Waals surface area contributed by atoms with Gasteiger partial charge in [0.2, 0.25) is 0 Å². The van der Waals surface area contributed by atoms with Crippen LogP contribution in [0, 0.1) is 0 Å². The van der Waals surface area contributed by atoms with Crippen LogP contribution in [0.5, 0.6) is 5.75 Å². The molecule has 0 spiro atoms. The van der Waals surface area contributed by atoms with Gasteiger partial charge in [0.05, 0.1) is 5.02 Å². The standard InChI is InChI=1S/C16H24ClNO/c1-4-16(2,3)12-5-6-15(14(17)11-12)19-13-7-9-18-10-8-13/h5-6,11,13,18H,4,7-10H2,1-3H3. The number of hydrogen-bond acceptors (Lipinski definition) is 2. The van der Waals surface area contributed by atoms with Gasteiger partial charge in [-0.05, 0) is 55.5 Å². The highest BCUT2D eigenvalue weighted by Gasteiger charge is 2.20. The van der Waals surface area contributed by atoms with Crippen LogP contribution >= 0.6 is 11.6 Å². The van der Waals surface area contributed by atoms with Gasteiger partial charge in [-0.1, -0.05) is 38.4 Å². The Hall–Kier alpha value is -0.730. The minimum Gasteiger partial charge on any atom is -0.489 e. The summed E-state index contributed by atoms with van der Waals surface area (Å²) >= 11 is 6.37. The molecule has 0 aromatic heterocycles. The van der Waals surface area contributed by atoms with Crippen molar-refractivity contribution in [1.82, 2.24) is 5.32 Å². The SMILES string of the molecule is CCC(C)(C)c1ccc(OC2CCNCC2)c(Cl)c1. The van der Waals surface area contributed by atoms with E-state index in [1.807, 2.05) is 6.07 Å². The van der Waals surface area contributed by atoms with Crippen LogP contribution in [-0.4, -0.2) is 19.2 Å². The summed E-state index contributed by atoms with van der Waals surface area (Å²) in [5.41, 5.74) is 1.44. The molecule has 1 aromatic rings. The van der Waals surface area contributed by atoms with Crippen molar-refractivity contribution in [2.24, 2.45) is 0 Å². The third-order valence-corrected chi connectivity index (χ3v) is 4.47. The second-order valence-electron chi connectivity index (χ2n) is 5.95. The lowest BCUT2D eigenvalue weighted by Crippen LogP contribution is -2.34. The molecule has 1 aliphatic rings. The van der Waals surface area contributed by atoms with Gasteiger partial charge in [-0.15, -0.1) is 0 Å². The summed E-state index contributed by atoms with van der Waals surface area (Å²) in [5.74, 6) is 0.823. The van der Waals surface area contributed by atoms with Crippen LogP contribution in [0.1, 0.15) is 45.6 Å². The molecule has 1 fully saturated rings. The Kier molecular flexibility index (Phi) is 4.75. The Morgan fingerprint density at radius 2 is 2.00 bits per heavy atom. The number of rotatable bonds is 4. The lowest BCUT2D eigenvalue weighted by molar-refractivity contribution is 0.162. The number of nitrogens with one attached hydrogen (secondary N) is 1. The van der Waals surface area contributed by atoms with E-state index in [2.05, 4.69) is 38.2 Å². The van der Waals surface area contributed by atoms with E-state index >= 15 is 0 Å². The molecule has 0 unspecified atom stereocenters. The molecule has 0 saturated carbocycles. The van der Waals surface area contributed by atoms with E-state index in [9.17, 15) is 0 Å². The van der Waals surface area contributed by atoms with E-state index in [0.717, 1.165) is 43.1 Å². The van der Waals surface area contributed by atoms with E-state index in [1.165, 1.54) is 5.56 Å². The van der Waals surface area contributed by atoms with Crippen LogP contribution < -0.4 is 10.1 Å². The van der Waals surface area contributed by atoms with Crippen LogP contribution in [0.4, 0.5) is 0 Å². The second kappa shape index (κ2) is 6.15. The maximum atomic E-state index is 6.37. The van der Waals surface area contributed by atoms with E-state index in [1.54, 1.807) is 0 Å². The molecule has 1 N–H and O–H groups in total. The lowest BCUT2D eigenvalue weighted by atomic mass is 9.82. The Balaban J connectivity index is 2.10. The normalized spacial score (nSPS) is 17.5. The van der Waals surface area contributed by atoms with Crippen molar-refractivity contribution >= 4 is 11.6 Å². The van der Waals surface area contributed by atoms with Crippen molar-refractivity contribution in [3.8, 4) is 5.75 Å². The summed E-state index contributed by atoms with van der Waals surface area (Å²) in [5, 5.41) is 4.07. The van der Waals surface area contributed by atoms with Crippen LogP contribution in [0.25, 0.3) is 0 Å². The molecule has 3 heteroatoms. The minimum absolute atomic E-state index is 0.164. The number of piperidine rings is 1. The summed E-state index contributed by atoms with van der Waals surface area (Å²) in [6, 6.07) is 6.23. The molecule has 0 amide bonds. The first kappa shape index (κ1) is 14.7. The molecule has 1 heterocycles. The Morgan fingerprint density at radius 1 is 1.32 bits per heavy atom. The molecule has 106 valence electrons. The van der Waals surface area contributed by atoms with Crippen LogP contribution in [0.15, 0.2) is 18.2 Å². The van der Waals surface area contributed by atoms with E-state index in [0.29, 0.717) is 6.10 Å². The molecule has 0 atom stereocenters. The molecular weight excluding hydrogens is 258 g/mol. The third-order valence-electron chi connectivity index (χ3n) is 4.18. The average Bonchev–Trinajstić information content (AvgIpc) is 2.42. The van der Waals surface area contributed by atoms with Crippen molar-refractivity contribution in [1.29, 1.82) is 0 Å². The van der Waals surface area contributed by atoms with Gasteiger partial charge >= 0.3 is 0 Å². The predicted molar refractivity (Wildman–Crippen MR) is 81.3 cm³/mol. The van der Waals surface area contributed by atoms with Crippen molar-refractivity contribution in [2.45, 2.75) is 51.6 Å². The summed E-state index contributed by atoms with van der Waals surface area (Å²) in [6.07, 6.45) is 3.50. The van der Waals surface area contributed by atoms with Crippen molar-refractivity contribution in [3.05, 3.63) is 28.8 Å². The minimum atomic E-state index is 0.164. The monoisotopic (exact) mass is 281 g/mol.